The van der Waals surface area contributed by atoms with E-state index >= 15 is 0 Å². The van der Waals surface area contributed by atoms with Crippen molar-refractivity contribution >= 4 is 21.7 Å². The number of sulfonamides is 1. The molecule has 0 unspecified atom stereocenters. The zero-order valence-corrected chi connectivity index (χ0v) is 16.7. The normalized spacial score (nSPS) is 24.2. The van der Waals surface area contributed by atoms with Crippen molar-refractivity contribution in [2.45, 2.75) is 48.5 Å². The lowest BCUT2D eigenvalue weighted by molar-refractivity contribution is -0.141. The van der Waals surface area contributed by atoms with Gasteiger partial charge in [0.15, 0.2) is 0 Å². The largest absolute Gasteiger partial charge is 0.471 e. The maximum Gasteiger partial charge on any atom is 0.423 e. The van der Waals surface area contributed by atoms with E-state index < -0.39 is 87.4 Å². The Bertz CT molecular complexity index is 1100. The Morgan fingerprint density at radius 1 is 1.19 bits per heavy atom. The van der Waals surface area contributed by atoms with Gasteiger partial charge in [-0.05, 0) is 18.2 Å². The molecule has 8 nitrogen and oxygen atoms in total. The summed E-state index contributed by atoms with van der Waals surface area (Å²) in [4.78, 5) is 6.40. The predicted molar refractivity (Wildman–Crippen MR) is 97.5 cm³/mol. The third kappa shape index (κ3) is 5.39. The molecule has 3 rings (SSSR count). The minimum atomic E-state index is -4.99. The van der Waals surface area contributed by atoms with Gasteiger partial charge in [0.2, 0.25) is 21.9 Å². The fourth-order valence-electron chi connectivity index (χ4n) is 2.93. The van der Waals surface area contributed by atoms with Crippen molar-refractivity contribution < 1.29 is 44.6 Å². The average Bonchev–Trinajstić information content (AvgIpc) is 2.66. The summed E-state index contributed by atoms with van der Waals surface area (Å²) in [7, 11) is -4.20. The number of alkyl halides is 5. The Kier molecular flexibility index (Phi) is 6.53. The van der Waals surface area contributed by atoms with E-state index in [0.717, 1.165) is 12.1 Å². The maximum atomic E-state index is 14.2. The van der Waals surface area contributed by atoms with Crippen molar-refractivity contribution in [3.05, 3.63) is 35.8 Å². The Labute approximate surface area is 177 Å². The van der Waals surface area contributed by atoms with Crippen LogP contribution in [0.1, 0.15) is 18.4 Å². The lowest BCUT2D eigenvalue weighted by Crippen LogP contribution is -2.44. The first-order chi connectivity index (χ1) is 14.8. The first-order valence-electron chi connectivity index (χ1n) is 8.92. The number of aliphatic hydroxyl groups is 1. The molecule has 0 aliphatic heterocycles. The second kappa shape index (κ2) is 8.71. The van der Waals surface area contributed by atoms with Crippen LogP contribution >= 0.6 is 0 Å². The number of nitrogens with two attached hydrogens (primary N) is 1. The molecule has 1 fully saturated rings. The number of ether oxygens (including phenoxy) is 1. The van der Waals surface area contributed by atoms with Crippen molar-refractivity contribution in [1.82, 2.24) is 9.97 Å². The lowest BCUT2D eigenvalue weighted by Gasteiger charge is -2.32. The Morgan fingerprint density at radius 3 is 2.44 bits per heavy atom. The van der Waals surface area contributed by atoms with Crippen LogP contribution in [0.5, 0.6) is 5.88 Å². The van der Waals surface area contributed by atoms with E-state index in [1.165, 1.54) is 0 Å². The van der Waals surface area contributed by atoms with Gasteiger partial charge >= 0.3 is 6.18 Å². The first kappa shape index (κ1) is 24.0. The number of nitrogens with zero attached hydrogens (tertiary/aromatic N) is 2. The van der Waals surface area contributed by atoms with Gasteiger partial charge in [0.05, 0.1) is 16.7 Å². The fraction of sp³-hybridized carbons (Fsp3) is 0.412. The summed E-state index contributed by atoms with van der Waals surface area (Å²) in [5, 5.41) is 17.0. The van der Waals surface area contributed by atoms with E-state index in [2.05, 4.69) is 15.3 Å². The van der Waals surface area contributed by atoms with Crippen molar-refractivity contribution in [2.75, 3.05) is 5.32 Å². The van der Waals surface area contributed by atoms with Gasteiger partial charge in [-0.15, -0.1) is 0 Å². The molecule has 1 aromatic carbocycles. The molecule has 15 heteroatoms. The number of rotatable bonds is 5. The minimum Gasteiger partial charge on any atom is -0.471 e. The van der Waals surface area contributed by atoms with Gasteiger partial charge in [0.1, 0.15) is 29.8 Å². The molecular formula is C17H16F6N4O4S. The summed E-state index contributed by atoms with van der Waals surface area (Å²) in [6.45, 7) is 0. The molecule has 32 heavy (non-hydrogen) atoms. The van der Waals surface area contributed by atoms with Gasteiger partial charge in [0, 0.05) is 19.0 Å². The molecule has 4 N–H and O–H groups in total. The standard InChI is InChI=1S/C17H16F6N4O4S/c18-9-4-13(28)14(5-10(9)19)31-15-8(17(21,22)23)6-25-16(27-15)26-12-2-1-7(3-11(12)20)32(24,29)30/h1-3,6,9-10,13-14,28H,4-5H2,(H2,24,29,30)(H,25,26,27)/t9-,10+,13-,14+/m1/s1. The number of hydrogen-bond donors (Lipinski definition) is 3. The Morgan fingerprint density at radius 2 is 1.84 bits per heavy atom. The van der Waals surface area contributed by atoms with E-state index in [4.69, 9.17) is 9.88 Å². The number of benzene rings is 1. The summed E-state index contributed by atoms with van der Waals surface area (Å²) in [5.41, 5.74) is -1.86. The molecule has 0 radical (unpaired) electrons. The molecule has 176 valence electrons. The second-order valence-electron chi connectivity index (χ2n) is 6.95. The van der Waals surface area contributed by atoms with Gasteiger partial charge < -0.3 is 15.2 Å². The molecule has 0 spiro atoms. The summed E-state index contributed by atoms with van der Waals surface area (Å²) in [6.07, 6.45) is -13.2. The molecule has 0 amide bonds. The molecule has 1 aromatic heterocycles. The van der Waals surface area contributed by atoms with Gasteiger partial charge in [-0.25, -0.2) is 31.7 Å². The number of hydrogen-bond acceptors (Lipinski definition) is 7. The molecule has 0 saturated heterocycles. The number of aromatic nitrogens is 2. The zero-order chi connectivity index (χ0) is 23.8. The van der Waals surface area contributed by atoms with Crippen LogP contribution in [-0.4, -0.2) is 48.0 Å². The third-order valence-corrected chi connectivity index (χ3v) is 5.49. The van der Waals surface area contributed by atoms with Crippen LogP contribution < -0.4 is 15.2 Å². The molecule has 4 atom stereocenters. The zero-order valence-electron chi connectivity index (χ0n) is 15.9. The van der Waals surface area contributed by atoms with Gasteiger partial charge in [-0.1, -0.05) is 0 Å². The Hall–Kier alpha value is -2.65. The summed E-state index contributed by atoms with van der Waals surface area (Å²) in [6, 6.07) is 2.46. The third-order valence-electron chi connectivity index (χ3n) is 4.58. The molecule has 1 aliphatic rings. The SMILES string of the molecule is NS(=O)(=O)c1ccc(Nc2ncc(C(F)(F)F)c(O[C@H]3C[C@H](F)[C@H](F)C[C@H]3O)n2)c(F)c1. The minimum absolute atomic E-state index is 0.321. The van der Waals surface area contributed by atoms with Crippen molar-refractivity contribution in [3.8, 4) is 5.88 Å². The highest BCUT2D eigenvalue weighted by atomic mass is 32.2. The molecule has 1 heterocycles. The van der Waals surface area contributed by atoms with Gasteiger partial charge in [-0.2, -0.15) is 18.2 Å². The highest BCUT2D eigenvalue weighted by molar-refractivity contribution is 7.89. The first-order valence-corrected chi connectivity index (χ1v) is 10.5. The predicted octanol–water partition coefficient (Wildman–Crippen LogP) is 2.60. The van der Waals surface area contributed by atoms with Crippen molar-refractivity contribution in [1.29, 1.82) is 0 Å². The van der Waals surface area contributed by atoms with E-state index in [1.54, 1.807) is 0 Å². The lowest BCUT2D eigenvalue weighted by atomic mass is 9.91. The maximum absolute atomic E-state index is 14.2. The van der Waals surface area contributed by atoms with Crippen molar-refractivity contribution in [3.63, 3.8) is 0 Å². The highest BCUT2D eigenvalue weighted by Gasteiger charge is 2.41. The highest BCUT2D eigenvalue weighted by Crippen LogP contribution is 2.37. The van der Waals surface area contributed by atoms with Crippen LogP contribution in [-0.2, 0) is 16.2 Å². The van der Waals surface area contributed by atoms with Gasteiger partial charge in [-0.3, -0.25) is 0 Å². The number of nitrogens with one attached hydrogen (secondary N) is 1. The van der Waals surface area contributed by atoms with Crippen LogP contribution in [0.15, 0.2) is 29.3 Å². The van der Waals surface area contributed by atoms with Crippen LogP contribution in [0.25, 0.3) is 0 Å². The summed E-state index contributed by atoms with van der Waals surface area (Å²) < 4.78 is 109. The van der Waals surface area contributed by atoms with Gasteiger partial charge in [0.25, 0.3) is 0 Å². The topological polar surface area (TPSA) is 127 Å². The second-order valence-corrected chi connectivity index (χ2v) is 8.51. The number of primary sulfonamides is 1. The van der Waals surface area contributed by atoms with E-state index in [1.807, 2.05) is 0 Å². The van der Waals surface area contributed by atoms with Crippen LogP contribution in [0.4, 0.5) is 38.0 Å². The number of aliphatic hydroxyl groups excluding tert-OH is 1. The van der Waals surface area contributed by atoms with Crippen LogP contribution in [0, 0.1) is 5.82 Å². The number of anilines is 2. The molecule has 1 aliphatic carbocycles. The molecule has 1 saturated carbocycles. The van der Waals surface area contributed by atoms with E-state index in [-0.39, 0.29) is 0 Å². The Balaban J connectivity index is 1.91. The fourth-order valence-corrected chi connectivity index (χ4v) is 3.46. The molecular weight excluding hydrogens is 470 g/mol. The molecule has 0 bridgehead atoms. The van der Waals surface area contributed by atoms with Crippen LogP contribution in [0.3, 0.4) is 0 Å². The quantitative estimate of drug-likeness (QED) is 0.555. The smallest absolute Gasteiger partial charge is 0.423 e. The van der Waals surface area contributed by atoms with Crippen molar-refractivity contribution in [2.24, 2.45) is 5.14 Å². The molecule has 2 aromatic rings. The summed E-state index contributed by atoms with van der Waals surface area (Å²) in [5.74, 6) is -2.80. The van der Waals surface area contributed by atoms with E-state index in [0.29, 0.717) is 12.3 Å². The van der Waals surface area contributed by atoms with E-state index in [9.17, 15) is 39.9 Å². The number of halogens is 6. The average molecular weight is 486 g/mol. The summed E-state index contributed by atoms with van der Waals surface area (Å²) >= 11 is 0. The monoisotopic (exact) mass is 486 g/mol. The van der Waals surface area contributed by atoms with Crippen LogP contribution in [0.2, 0.25) is 0 Å².